The van der Waals surface area contributed by atoms with E-state index < -0.39 is 59.7 Å². The van der Waals surface area contributed by atoms with Crippen molar-refractivity contribution in [2.45, 2.75) is 127 Å². The number of hydrogen-bond acceptors (Lipinski definition) is 11. The number of hydrogen-bond donors (Lipinski definition) is 7. The molecule has 2 heterocycles. The predicted molar refractivity (Wildman–Crippen MR) is 216 cm³/mol. The maximum Gasteiger partial charge on any atom is 0.408 e. The van der Waals surface area contributed by atoms with E-state index in [2.05, 4.69) is 21.3 Å². The second kappa shape index (κ2) is 19.3. The first-order valence-electron chi connectivity index (χ1n) is 18.9. The summed E-state index contributed by atoms with van der Waals surface area (Å²) >= 11 is 3.51. The highest BCUT2D eigenvalue weighted by Gasteiger charge is 2.53. The average Bonchev–Trinajstić information content (AvgIpc) is 3.49. The largest absolute Gasteiger partial charge is 0.444 e. The number of alkyl carbamates (subject to hydrolysis) is 1. The zero-order chi connectivity index (χ0) is 39.7. The summed E-state index contributed by atoms with van der Waals surface area (Å²) in [5.74, 6) is 1.01. The van der Waals surface area contributed by atoms with Gasteiger partial charge in [-0.25, -0.2) is 4.79 Å². The van der Waals surface area contributed by atoms with E-state index in [0.717, 1.165) is 29.1 Å². The summed E-state index contributed by atoms with van der Waals surface area (Å²) in [5.41, 5.74) is 0.446. The second-order valence-corrected chi connectivity index (χ2v) is 19.5. The molecule has 2 fully saturated rings. The minimum absolute atomic E-state index is 0.0953. The first-order chi connectivity index (χ1) is 25.4. The van der Waals surface area contributed by atoms with Crippen LogP contribution in [0.3, 0.4) is 0 Å². The van der Waals surface area contributed by atoms with E-state index in [-0.39, 0.29) is 22.6 Å². The summed E-state index contributed by atoms with van der Waals surface area (Å²) in [7, 11) is 0. The van der Waals surface area contributed by atoms with Gasteiger partial charge < -0.3 is 35.6 Å². The first kappa shape index (κ1) is 43.9. The molecule has 2 aromatic carbocycles. The lowest BCUT2D eigenvalue weighted by Crippen LogP contribution is -2.60. The van der Waals surface area contributed by atoms with Crippen LogP contribution in [-0.2, 0) is 14.3 Å². The van der Waals surface area contributed by atoms with Crippen LogP contribution in [0.5, 0.6) is 0 Å². The van der Waals surface area contributed by atoms with Gasteiger partial charge >= 0.3 is 6.09 Å². The smallest absolute Gasteiger partial charge is 0.408 e. The maximum atomic E-state index is 14.4. The Kier molecular flexibility index (Phi) is 15.7. The minimum atomic E-state index is -1.48. The number of nitrogens with zero attached hydrogens (tertiary/aromatic N) is 1. The van der Waals surface area contributed by atoms with Gasteiger partial charge in [0.05, 0.1) is 16.2 Å². The topological polar surface area (TPSA) is 172 Å². The zero-order valence-electron chi connectivity index (χ0n) is 32.7. The Hall–Kier alpha value is -2.85. The van der Waals surface area contributed by atoms with Crippen LogP contribution in [0.4, 0.5) is 4.79 Å². The highest BCUT2D eigenvalue weighted by molar-refractivity contribution is 8.18. The van der Waals surface area contributed by atoms with Crippen molar-refractivity contribution in [1.82, 2.24) is 26.2 Å². The highest BCUT2D eigenvalue weighted by Crippen LogP contribution is 2.50. The van der Waals surface area contributed by atoms with Crippen LogP contribution in [0.15, 0.2) is 60.7 Å². The van der Waals surface area contributed by atoms with Gasteiger partial charge in [0.1, 0.15) is 36.2 Å². The van der Waals surface area contributed by atoms with Crippen molar-refractivity contribution in [3.63, 3.8) is 0 Å². The van der Waals surface area contributed by atoms with Crippen molar-refractivity contribution in [1.29, 1.82) is 0 Å². The maximum absolute atomic E-state index is 14.4. The number of carbonyl (C=O) groups is 3. The summed E-state index contributed by atoms with van der Waals surface area (Å²) in [4.78, 5) is 43.2. The molecule has 300 valence electrons. The standard InChI is InChI=1S/C40H61N5O7S2/c1-8-16-28(32(47)35(49)41-24-30(46)43-31(26-17-11-9-12-18-26)27-19-13-10-14-20-27)42-34(48)29-23-40(53-21-15-22-54-40)25-45(29)36(50)33(38(2,3)4)44-37(51)52-39(5,6)7/h9-14,17-20,28-33,35,41,43,46-47,49H,8,15-16,21-25H2,1-7H3,(H,42,48)(H,44,51)/t28?,29?,30-,32?,33?,35+/m1/s1. The summed E-state index contributed by atoms with van der Waals surface area (Å²) < 4.78 is 5.11. The van der Waals surface area contributed by atoms with Crippen molar-refractivity contribution in [3.05, 3.63) is 71.8 Å². The van der Waals surface area contributed by atoms with Crippen LogP contribution < -0.4 is 21.3 Å². The van der Waals surface area contributed by atoms with Crippen molar-refractivity contribution in [2.75, 3.05) is 24.6 Å². The van der Waals surface area contributed by atoms with E-state index in [1.165, 1.54) is 0 Å². The molecule has 2 aliphatic rings. The van der Waals surface area contributed by atoms with E-state index in [1.54, 1.807) is 49.2 Å². The third kappa shape index (κ3) is 12.3. The lowest BCUT2D eigenvalue weighted by molar-refractivity contribution is -0.142. The SMILES string of the molecule is CCCC(NC(=O)C1CC2(CN1C(=O)C(NC(=O)OC(C)(C)C)C(C)(C)C)SCCCS2)C(O)[C@H](O)NC[C@@H](O)NC(c1ccccc1)c1ccccc1. The van der Waals surface area contributed by atoms with E-state index in [1.807, 2.05) is 88.4 Å². The molecule has 4 rings (SSSR count). The molecule has 0 radical (unpaired) electrons. The molecule has 0 aliphatic carbocycles. The molecule has 2 saturated heterocycles. The number of carbonyl (C=O) groups excluding carboxylic acids is 3. The molecule has 7 N–H and O–H groups in total. The molecule has 54 heavy (non-hydrogen) atoms. The van der Waals surface area contributed by atoms with Gasteiger partial charge in [0.15, 0.2) is 0 Å². The second-order valence-electron chi connectivity index (χ2n) is 16.3. The third-order valence-electron chi connectivity index (χ3n) is 9.48. The Bertz CT molecular complexity index is 1460. The Morgan fingerprint density at radius 3 is 2.00 bits per heavy atom. The fourth-order valence-corrected chi connectivity index (χ4v) is 10.1. The van der Waals surface area contributed by atoms with Gasteiger partial charge in [-0.05, 0) is 61.7 Å². The number of likely N-dealkylation sites (tertiary alicyclic amines) is 1. The number of ether oxygens (including phenoxy) is 1. The zero-order valence-corrected chi connectivity index (χ0v) is 34.3. The van der Waals surface area contributed by atoms with Gasteiger partial charge in [-0.1, -0.05) is 94.8 Å². The Balaban J connectivity index is 1.46. The normalized spacial score (nSPS) is 20.2. The number of aliphatic hydroxyl groups is 3. The van der Waals surface area contributed by atoms with E-state index >= 15 is 0 Å². The lowest BCUT2D eigenvalue weighted by atomic mass is 9.85. The molecule has 2 aromatic rings. The van der Waals surface area contributed by atoms with Crippen LogP contribution in [0.1, 0.15) is 91.3 Å². The fourth-order valence-electron chi connectivity index (χ4n) is 6.79. The van der Waals surface area contributed by atoms with Gasteiger partial charge in [0, 0.05) is 19.5 Å². The quantitative estimate of drug-likeness (QED) is 0.128. The Labute approximate surface area is 329 Å². The number of rotatable bonds is 15. The number of benzene rings is 2. The molecule has 6 atom stereocenters. The van der Waals surface area contributed by atoms with Crippen molar-refractivity contribution >= 4 is 41.4 Å². The molecule has 2 aliphatic heterocycles. The molecule has 1 spiro atoms. The van der Waals surface area contributed by atoms with Crippen molar-refractivity contribution < 1.29 is 34.4 Å². The molecule has 12 nitrogen and oxygen atoms in total. The number of nitrogens with one attached hydrogen (secondary N) is 4. The molecule has 0 saturated carbocycles. The number of thioether (sulfide) groups is 2. The summed E-state index contributed by atoms with van der Waals surface area (Å²) in [6.45, 7) is 13.0. The van der Waals surface area contributed by atoms with Gasteiger partial charge in [-0.2, -0.15) is 0 Å². The summed E-state index contributed by atoms with van der Waals surface area (Å²) in [5, 5.41) is 45.3. The van der Waals surface area contributed by atoms with E-state index in [0.29, 0.717) is 25.8 Å². The Morgan fingerprint density at radius 2 is 1.48 bits per heavy atom. The summed E-state index contributed by atoms with van der Waals surface area (Å²) in [6.07, 6.45) is -2.32. The molecule has 0 aromatic heterocycles. The minimum Gasteiger partial charge on any atom is -0.444 e. The molecular weight excluding hydrogens is 727 g/mol. The monoisotopic (exact) mass is 787 g/mol. The van der Waals surface area contributed by atoms with Crippen LogP contribution in [-0.4, -0.2) is 109 Å². The third-order valence-corrected chi connectivity index (χ3v) is 12.8. The number of amides is 3. The van der Waals surface area contributed by atoms with Crippen molar-refractivity contribution in [3.8, 4) is 0 Å². The van der Waals surface area contributed by atoms with Gasteiger partial charge in [-0.15, -0.1) is 23.5 Å². The van der Waals surface area contributed by atoms with Crippen LogP contribution in [0, 0.1) is 5.41 Å². The Morgan fingerprint density at radius 1 is 0.907 bits per heavy atom. The molecular formula is C40H61N5O7S2. The first-order valence-corrected chi connectivity index (χ1v) is 20.9. The fraction of sp³-hybridized carbons (Fsp3) is 0.625. The highest BCUT2D eigenvalue weighted by atomic mass is 32.2. The van der Waals surface area contributed by atoms with Crippen LogP contribution in [0.2, 0.25) is 0 Å². The van der Waals surface area contributed by atoms with Gasteiger partial charge in [-0.3, -0.25) is 20.2 Å². The van der Waals surface area contributed by atoms with Gasteiger partial charge in [0.25, 0.3) is 0 Å². The van der Waals surface area contributed by atoms with Crippen LogP contribution >= 0.6 is 23.5 Å². The van der Waals surface area contributed by atoms with Crippen LogP contribution in [0.25, 0.3) is 0 Å². The van der Waals surface area contributed by atoms with Gasteiger partial charge in [0.2, 0.25) is 11.8 Å². The number of aliphatic hydroxyl groups excluding tert-OH is 3. The molecule has 3 amide bonds. The van der Waals surface area contributed by atoms with E-state index in [4.69, 9.17) is 4.74 Å². The summed E-state index contributed by atoms with van der Waals surface area (Å²) in [6, 6.07) is 16.4. The average molecular weight is 788 g/mol. The molecule has 4 unspecified atom stereocenters. The van der Waals surface area contributed by atoms with Crippen molar-refractivity contribution in [2.24, 2.45) is 5.41 Å². The lowest BCUT2D eigenvalue weighted by Gasteiger charge is -2.37. The van der Waals surface area contributed by atoms with E-state index in [9.17, 15) is 29.7 Å². The molecule has 0 bridgehead atoms. The predicted octanol–water partition coefficient (Wildman–Crippen LogP) is 4.34. The molecule has 14 heteroatoms.